The molecule has 1 aliphatic heterocycles. The molecule has 38 heavy (non-hydrogen) atoms. The van der Waals surface area contributed by atoms with E-state index in [4.69, 9.17) is 4.98 Å². The maximum Gasteiger partial charge on any atom is 0.243 e. The molecule has 6 rings (SSSR count). The molecule has 0 radical (unpaired) electrons. The highest BCUT2D eigenvalue weighted by Crippen LogP contribution is 2.35. The minimum absolute atomic E-state index is 0.0560. The third kappa shape index (κ3) is 5.14. The van der Waals surface area contributed by atoms with E-state index < -0.39 is 0 Å². The fraction of sp³-hybridized carbons (Fsp3) is 0.516. The van der Waals surface area contributed by atoms with Gasteiger partial charge in [0.05, 0.1) is 11.0 Å². The summed E-state index contributed by atoms with van der Waals surface area (Å²) in [6.07, 6.45) is 12.3. The van der Waals surface area contributed by atoms with Crippen LogP contribution < -0.4 is 4.90 Å². The zero-order valence-electron chi connectivity index (χ0n) is 22.0. The van der Waals surface area contributed by atoms with Crippen LogP contribution in [-0.2, 0) is 16.1 Å². The van der Waals surface area contributed by atoms with Crippen LogP contribution >= 0.6 is 15.9 Å². The van der Waals surface area contributed by atoms with Crippen molar-refractivity contribution in [3.8, 4) is 0 Å². The van der Waals surface area contributed by atoms with Crippen molar-refractivity contribution in [1.29, 1.82) is 0 Å². The summed E-state index contributed by atoms with van der Waals surface area (Å²) in [4.78, 5) is 36.5. The lowest BCUT2D eigenvalue weighted by molar-refractivity contribution is -0.138. The van der Waals surface area contributed by atoms with Gasteiger partial charge in [0.15, 0.2) is 0 Å². The number of carbonyl (C=O) groups is 2. The minimum Gasteiger partial charge on any atom is -0.335 e. The van der Waals surface area contributed by atoms with E-state index in [0.29, 0.717) is 31.6 Å². The van der Waals surface area contributed by atoms with E-state index >= 15 is 0 Å². The Labute approximate surface area is 233 Å². The largest absolute Gasteiger partial charge is 0.335 e. The first-order chi connectivity index (χ1) is 18.6. The molecule has 2 saturated carbocycles. The molecule has 1 aromatic heterocycles. The lowest BCUT2D eigenvalue weighted by atomic mass is 9.88. The van der Waals surface area contributed by atoms with Gasteiger partial charge in [-0.25, -0.2) is 4.98 Å². The fourth-order valence-electron chi connectivity index (χ4n) is 6.99. The summed E-state index contributed by atoms with van der Waals surface area (Å²) in [7, 11) is 0. The predicted molar refractivity (Wildman–Crippen MR) is 154 cm³/mol. The molecular formula is C31H37BrN4O2. The number of carbonyl (C=O) groups excluding carboxylic acids is 2. The molecule has 0 spiro atoms. The van der Waals surface area contributed by atoms with Crippen LogP contribution in [0.15, 0.2) is 53.0 Å². The molecule has 1 unspecified atom stereocenters. The summed E-state index contributed by atoms with van der Waals surface area (Å²) >= 11 is 3.53. The van der Waals surface area contributed by atoms with Crippen LogP contribution in [0.5, 0.6) is 0 Å². The Balaban J connectivity index is 1.31. The quantitative estimate of drug-likeness (QED) is 0.323. The zero-order chi connectivity index (χ0) is 26.1. The molecular weight excluding hydrogens is 540 g/mol. The number of anilines is 1. The van der Waals surface area contributed by atoms with E-state index in [1.807, 2.05) is 47.4 Å². The molecule has 2 heterocycles. The third-order valence-corrected chi connectivity index (χ3v) is 9.30. The number of para-hydroxylation sites is 2. The summed E-state index contributed by atoms with van der Waals surface area (Å²) in [5.74, 6) is 1.13. The van der Waals surface area contributed by atoms with Crippen molar-refractivity contribution in [2.75, 3.05) is 11.4 Å². The normalized spacial score (nSPS) is 21.3. The summed E-state index contributed by atoms with van der Waals surface area (Å²) in [5, 5.41) is 0. The van der Waals surface area contributed by atoms with Crippen molar-refractivity contribution in [2.45, 2.75) is 95.2 Å². The van der Waals surface area contributed by atoms with E-state index in [1.54, 1.807) is 0 Å². The number of nitrogens with zero attached hydrogens (tertiary/aromatic N) is 4. The van der Waals surface area contributed by atoms with Gasteiger partial charge in [0.25, 0.3) is 0 Å². The number of aromatic nitrogens is 2. The number of imidazole rings is 1. The van der Waals surface area contributed by atoms with Gasteiger partial charge < -0.3 is 14.4 Å². The van der Waals surface area contributed by atoms with Crippen molar-refractivity contribution in [3.63, 3.8) is 0 Å². The Bertz CT molecular complexity index is 1290. The molecule has 0 bridgehead atoms. The van der Waals surface area contributed by atoms with Gasteiger partial charge in [-0.2, -0.15) is 0 Å². The van der Waals surface area contributed by atoms with E-state index in [9.17, 15) is 9.59 Å². The van der Waals surface area contributed by atoms with Crippen LogP contribution in [0, 0.1) is 0 Å². The van der Waals surface area contributed by atoms with Gasteiger partial charge in [0, 0.05) is 41.1 Å². The molecule has 7 heteroatoms. The lowest BCUT2D eigenvalue weighted by Crippen LogP contribution is -2.50. The first-order valence-corrected chi connectivity index (χ1v) is 15.2. The minimum atomic E-state index is -0.0560. The summed E-state index contributed by atoms with van der Waals surface area (Å²) in [5.41, 5.74) is 2.77. The summed E-state index contributed by atoms with van der Waals surface area (Å²) in [6.45, 7) is 0.867. The first-order valence-electron chi connectivity index (χ1n) is 14.4. The lowest BCUT2D eigenvalue weighted by Gasteiger charge is -2.42. The SMILES string of the molecule is O=C1CC(c2nc3ccccc3n2CC(=O)N(C2CCCCC2)C2CCCCC2)CN1c1cccc(Br)c1. The smallest absolute Gasteiger partial charge is 0.243 e. The number of hydrogen-bond donors (Lipinski definition) is 0. The van der Waals surface area contributed by atoms with E-state index in [0.717, 1.165) is 52.7 Å². The van der Waals surface area contributed by atoms with Gasteiger partial charge in [-0.3, -0.25) is 9.59 Å². The molecule has 1 saturated heterocycles. The first kappa shape index (κ1) is 25.6. The number of amides is 2. The maximum absolute atomic E-state index is 14.2. The molecule has 3 fully saturated rings. The summed E-state index contributed by atoms with van der Waals surface area (Å²) in [6, 6.07) is 16.7. The molecule has 6 nitrogen and oxygen atoms in total. The molecule has 200 valence electrons. The van der Waals surface area contributed by atoms with Crippen molar-refractivity contribution in [1.82, 2.24) is 14.5 Å². The fourth-order valence-corrected chi connectivity index (χ4v) is 7.37. The van der Waals surface area contributed by atoms with Crippen molar-refractivity contribution in [3.05, 3.63) is 58.8 Å². The van der Waals surface area contributed by atoms with Crippen LogP contribution in [0.4, 0.5) is 5.69 Å². The molecule has 2 amide bonds. The average Bonchev–Trinajstić information content (AvgIpc) is 3.50. The second-order valence-electron chi connectivity index (χ2n) is 11.3. The van der Waals surface area contributed by atoms with E-state index in [-0.39, 0.29) is 17.7 Å². The van der Waals surface area contributed by atoms with Crippen molar-refractivity contribution >= 4 is 44.5 Å². The second kappa shape index (κ2) is 11.2. The van der Waals surface area contributed by atoms with Crippen LogP contribution in [0.3, 0.4) is 0 Å². The molecule has 0 N–H and O–H groups in total. The maximum atomic E-state index is 14.2. The van der Waals surface area contributed by atoms with Crippen LogP contribution in [-0.4, -0.2) is 44.9 Å². The van der Waals surface area contributed by atoms with Crippen LogP contribution in [0.25, 0.3) is 11.0 Å². The van der Waals surface area contributed by atoms with Gasteiger partial charge in [-0.1, -0.05) is 72.7 Å². The van der Waals surface area contributed by atoms with Gasteiger partial charge >= 0.3 is 0 Å². The Hall–Kier alpha value is -2.67. The second-order valence-corrected chi connectivity index (χ2v) is 12.2. The number of fused-ring (bicyclic) bond motifs is 1. The molecule has 3 aromatic rings. The standard InChI is InChI=1S/C31H37BrN4O2/c32-23-10-9-15-26(19-23)34-20-22(18-29(34)37)31-33-27-16-7-8-17-28(27)35(31)21-30(38)36(24-11-3-1-4-12-24)25-13-5-2-6-14-25/h7-10,15-17,19,22,24-25H,1-6,11-14,18,20-21H2. The van der Waals surface area contributed by atoms with Gasteiger partial charge in [0.1, 0.15) is 12.4 Å². The Morgan fingerprint density at radius 2 is 1.61 bits per heavy atom. The number of halogens is 1. The van der Waals surface area contributed by atoms with E-state index in [1.165, 1.54) is 38.5 Å². The van der Waals surface area contributed by atoms with Gasteiger partial charge in [0.2, 0.25) is 11.8 Å². The van der Waals surface area contributed by atoms with Crippen LogP contribution in [0.1, 0.15) is 82.4 Å². The predicted octanol–water partition coefficient (Wildman–Crippen LogP) is 6.81. The monoisotopic (exact) mass is 576 g/mol. The number of benzene rings is 2. The van der Waals surface area contributed by atoms with Crippen molar-refractivity contribution in [2.24, 2.45) is 0 Å². The third-order valence-electron chi connectivity index (χ3n) is 8.81. The molecule has 2 aromatic carbocycles. The highest BCUT2D eigenvalue weighted by atomic mass is 79.9. The summed E-state index contributed by atoms with van der Waals surface area (Å²) < 4.78 is 3.08. The van der Waals surface area contributed by atoms with Gasteiger partial charge in [-0.05, 0) is 56.0 Å². The zero-order valence-corrected chi connectivity index (χ0v) is 23.6. The number of hydrogen-bond acceptors (Lipinski definition) is 3. The number of rotatable bonds is 6. The highest BCUT2D eigenvalue weighted by molar-refractivity contribution is 9.10. The average molecular weight is 578 g/mol. The van der Waals surface area contributed by atoms with E-state index in [2.05, 4.69) is 31.5 Å². The topological polar surface area (TPSA) is 58.4 Å². The Morgan fingerprint density at radius 3 is 2.29 bits per heavy atom. The molecule has 3 aliphatic rings. The van der Waals surface area contributed by atoms with Gasteiger partial charge in [-0.15, -0.1) is 0 Å². The van der Waals surface area contributed by atoms with Crippen molar-refractivity contribution < 1.29 is 9.59 Å². The Morgan fingerprint density at radius 1 is 0.921 bits per heavy atom. The molecule has 2 aliphatic carbocycles. The van der Waals surface area contributed by atoms with Crippen LogP contribution in [0.2, 0.25) is 0 Å². The highest BCUT2D eigenvalue weighted by Gasteiger charge is 2.37. The molecule has 1 atom stereocenters. The Kier molecular flexibility index (Phi) is 7.55.